The molecule has 2 aromatic rings. The summed E-state index contributed by atoms with van der Waals surface area (Å²) in [5.74, 6) is 1.57. The van der Waals surface area contributed by atoms with E-state index in [9.17, 15) is 0 Å². The highest BCUT2D eigenvalue weighted by Gasteiger charge is 2.00. The Morgan fingerprint density at radius 2 is 1.82 bits per heavy atom. The SMILES string of the molecule is CN(C)c1ccc(C=Nc2ccc(Br)cc2)o1. The van der Waals surface area contributed by atoms with Crippen molar-refractivity contribution in [2.45, 2.75) is 0 Å². The molecule has 0 bridgehead atoms. The molecule has 0 unspecified atom stereocenters. The van der Waals surface area contributed by atoms with Gasteiger partial charge in [-0.1, -0.05) is 15.9 Å². The lowest BCUT2D eigenvalue weighted by atomic mass is 10.3. The Hall–Kier alpha value is -1.55. The Labute approximate surface area is 109 Å². The van der Waals surface area contributed by atoms with Crippen molar-refractivity contribution in [3.8, 4) is 0 Å². The first-order chi connectivity index (χ1) is 8.15. The number of furan rings is 1. The zero-order valence-corrected chi connectivity index (χ0v) is 11.3. The summed E-state index contributed by atoms with van der Waals surface area (Å²) in [6.45, 7) is 0. The number of hydrogen-bond donors (Lipinski definition) is 0. The third kappa shape index (κ3) is 3.20. The minimum Gasteiger partial charge on any atom is -0.440 e. The van der Waals surface area contributed by atoms with E-state index in [4.69, 9.17) is 4.42 Å². The van der Waals surface area contributed by atoms with Gasteiger partial charge >= 0.3 is 0 Å². The van der Waals surface area contributed by atoms with Gasteiger partial charge in [0.15, 0.2) is 5.88 Å². The van der Waals surface area contributed by atoms with Gasteiger partial charge in [0.25, 0.3) is 0 Å². The Morgan fingerprint density at radius 1 is 1.12 bits per heavy atom. The predicted molar refractivity (Wildman–Crippen MR) is 74.4 cm³/mol. The molecule has 0 atom stereocenters. The van der Waals surface area contributed by atoms with Crippen LogP contribution in [0.15, 0.2) is 50.3 Å². The van der Waals surface area contributed by atoms with Crippen molar-refractivity contribution >= 4 is 33.7 Å². The monoisotopic (exact) mass is 292 g/mol. The minimum absolute atomic E-state index is 0.747. The first kappa shape index (κ1) is 11.9. The van der Waals surface area contributed by atoms with E-state index in [1.165, 1.54) is 0 Å². The van der Waals surface area contributed by atoms with Crippen molar-refractivity contribution in [1.29, 1.82) is 0 Å². The van der Waals surface area contributed by atoms with E-state index in [0.717, 1.165) is 21.8 Å². The molecule has 0 saturated heterocycles. The molecule has 0 saturated carbocycles. The largest absolute Gasteiger partial charge is 0.440 e. The molecule has 0 aliphatic rings. The number of benzene rings is 1. The van der Waals surface area contributed by atoms with E-state index in [1.54, 1.807) is 6.21 Å². The van der Waals surface area contributed by atoms with Gasteiger partial charge in [0.05, 0.1) is 11.9 Å². The highest BCUT2D eigenvalue weighted by molar-refractivity contribution is 9.10. The van der Waals surface area contributed by atoms with Gasteiger partial charge in [-0.3, -0.25) is 4.99 Å². The molecule has 4 heteroatoms. The number of rotatable bonds is 3. The fourth-order valence-corrected chi connectivity index (χ4v) is 1.58. The van der Waals surface area contributed by atoms with Gasteiger partial charge in [0, 0.05) is 24.6 Å². The molecule has 1 aromatic heterocycles. The molecular weight excluding hydrogens is 280 g/mol. The Bertz CT molecular complexity index is 514. The Balaban J connectivity index is 2.11. The molecule has 0 radical (unpaired) electrons. The summed E-state index contributed by atoms with van der Waals surface area (Å²) in [5.41, 5.74) is 0.899. The van der Waals surface area contributed by atoms with Gasteiger partial charge in [-0.05, 0) is 30.3 Å². The summed E-state index contributed by atoms with van der Waals surface area (Å²) in [7, 11) is 3.88. The number of halogens is 1. The summed E-state index contributed by atoms with van der Waals surface area (Å²) >= 11 is 3.38. The second kappa shape index (κ2) is 5.19. The molecule has 0 aliphatic heterocycles. The van der Waals surface area contributed by atoms with Crippen LogP contribution in [0.1, 0.15) is 5.76 Å². The van der Waals surface area contributed by atoms with Crippen LogP contribution in [0.4, 0.5) is 11.6 Å². The average Bonchev–Trinajstić information content (AvgIpc) is 2.77. The normalized spacial score (nSPS) is 11.0. The van der Waals surface area contributed by atoms with Crippen LogP contribution in [0, 0.1) is 0 Å². The fraction of sp³-hybridized carbons (Fsp3) is 0.154. The average molecular weight is 293 g/mol. The highest BCUT2D eigenvalue weighted by Crippen LogP contribution is 2.18. The quantitative estimate of drug-likeness (QED) is 0.804. The third-order valence-electron chi connectivity index (χ3n) is 2.22. The van der Waals surface area contributed by atoms with E-state index in [-0.39, 0.29) is 0 Å². The van der Waals surface area contributed by atoms with E-state index in [1.807, 2.05) is 55.4 Å². The molecule has 0 amide bonds. The Kier molecular flexibility index (Phi) is 3.64. The van der Waals surface area contributed by atoms with Crippen molar-refractivity contribution < 1.29 is 4.42 Å². The maximum absolute atomic E-state index is 5.56. The lowest BCUT2D eigenvalue weighted by molar-refractivity contribution is 0.558. The predicted octanol–water partition coefficient (Wildman–Crippen LogP) is 3.86. The number of aliphatic imine (C=N–C) groups is 1. The van der Waals surface area contributed by atoms with Crippen molar-refractivity contribution in [2.75, 3.05) is 19.0 Å². The molecule has 3 nitrogen and oxygen atoms in total. The molecule has 1 aromatic carbocycles. The van der Waals surface area contributed by atoms with Crippen LogP contribution in [0.3, 0.4) is 0 Å². The zero-order chi connectivity index (χ0) is 12.3. The second-order valence-corrected chi connectivity index (χ2v) is 4.72. The second-order valence-electron chi connectivity index (χ2n) is 3.81. The third-order valence-corrected chi connectivity index (χ3v) is 2.75. The summed E-state index contributed by atoms with van der Waals surface area (Å²) in [6, 6.07) is 11.6. The molecule has 88 valence electrons. The van der Waals surface area contributed by atoms with Crippen LogP contribution < -0.4 is 4.90 Å². The van der Waals surface area contributed by atoms with Crippen LogP contribution in [-0.4, -0.2) is 20.3 Å². The summed E-state index contributed by atoms with van der Waals surface area (Å²) < 4.78 is 6.60. The zero-order valence-electron chi connectivity index (χ0n) is 9.72. The summed E-state index contributed by atoms with van der Waals surface area (Å²) in [5, 5.41) is 0. The van der Waals surface area contributed by atoms with Crippen molar-refractivity contribution in [2.24, 2.45) is 4.99 Å². The van der Waals surface area contributed by atoms with Crippen LogP contribution in [-0.2, 0) is 0 Å². The Morgan fingerprint density at radius 3 is 2.41 bits per heavy atom. The van der Waals surface area contributed by atoms with Gasteiger partial charge in [-0.2, -0.15) is 0 Å². The molecule has 1 heterocycles. The lowest BCUT2D eigenvalue weighted by Gasteiger charge is -2.05. The molecule has 0 fully saturated rings. The standard InChI is InChI=1S/C13H13BrN2O/c1-16(2)13-8-7-12(17-13)9-15-11-5-3-10(14)4-6-11/h3-9H,1-2H3. The van der Waals surface area contributed by atoms with E-state index >= 15 is 0 Å². The number of hydrogen-bond acceptors (Lipinski definition) is 3. The van der Waals surface area contributed by atoms with Gasteiger partial charge < -0.3 is 9.32 Å². The molecule has 0 spiro atoms. The van der Waals surface area contributed by atoms with Crippen LogP contribution in [0.5, 0.6) is 0 Å². The molecule has 0 aliphatic carbocycles. The van der Waals surface area contributed by atoms with E-state index in [2.05, 4.69) is 20.9 Å². The van der Waals surface area contributed by atoms with Crippen molar-refractivity contribution in [3.05, 3.63) is 46.6 Å². The number of anilines is 1. The maximum atomic E-state index is 5.56. The molecular formula is C13H13BrN2O. The smallest absolute Gasteiger partial charge is 0.195 e. The van der Waals surface area contributed by atoms with E-state index in [0.29, 0.717) is 0 Å². The summed E-state index contributed by atoms with van der Waals surface area (Å²) in [4.78, 5) is 6.25. The first-order valence-electron chi connectivity index (χ1n) is 5.22. The highest BCUT2D eigenvalue weighted by atomic mass is 79.9. The van der Waals surface area contributed by atoms with Gasteiger partial charge in [0.2, 0.25) is 0 Å². The van der Waals surface area contributed by atoms with Crippen molar-refractivity contribution in [1.82, 2.24) is 0 Å². The van der Waals surface area contributed by atoms with Gasteiger partial charge in [-0.25, -0.2) is 0 Å². The minimum atomic E-state index is 0.747. The first-order valence-corrected chi connectivity index (χ1v) is 6.01. The fourth-order valence-electron chi connectivity index (χ4n) is 1.32. The topological polar surface area (TPSA) is 28.7 Å². The van der Waals surface area contributed by atoms with Crippen LogP contribution >= 0.6 is 15.9 Å². The summed E-state index contributed by atoms with van der Waals surface area (Å²) in [6.07, 6.45) is 1.72. The van der Waals surface area contributed by atoms with Gasteiger partial charge in [0.1, 0.15) is 5.76 Å². The molecule has 0 N–H and O–H groups in total. The maximum Gasteiger partial charge on any atom is 0.195 e. The van der Waals surface area contributed by atoms with E-state index < -0.39 is 0 Å². The number of nitrogens with zero attached hydrogens (tertiary/aromatic N) is 2. The van der Waals surface area contributed by atoms with Crippen LogP contribution in [0.2, 0.25) is 0 Å². The van der Waals surface area contributed by atoms with Crippen molar-refractivity contribution in [3.63, 3.8) is 0 Å². The van der Waals surface area contributed by atoms with Gasteiger partial charge in [-0.15, -0.1) is 0 Å². The van der Waals surface area contributed by atoms with Crippen LogP contribution in [0.25, 0.3) is 0 Å². The molecule has 2 rings (SSSR count). The lowest BCUT2D eigenvalue weighted by Crippen LogP contribution is -2.06. The molecule has 17 heavy (non-hydrogen) atoms.